The quantitative estimate of drug-likeness (QED) is 0.871. The summed E-state index contributed by atoms with van der Waals surface area (Å²) >= 11 is 0. The first-order chi connectivity index (χ1) is 10.2. The van der Waals surface area contributed by atoms with Crippen LogP contribution in [0.15, 0.2) is 18.2 Å². The van der Waals surface area contributed by atoms with Gasteiger partial charge in [0.05, 0.1) is 14.2 Å². The zero-order valence-corrected chi connectivity index (χ0v) is 13.7. The molecule has 1 saturated heterocycles. The maximum absolute atomic E-state index is 5.38. The van der Waals surface area contributed by atoms with Gasteiger partial charge >= 0.3 is 0 Å². The van der Waals surface area contributed by atoms with Crippen LogP contribution in [-0.2, 0) is 6.42 Å². The van der Waals surface area contributed by atoms with Crippen molar-refractivity contribution in [2.75, 3.05) is 40.4 Å². The van der Waals surface area contributed by atoms with Crippen LogP contribution in [0.25, 0.3) is 0 Å². The van der Waals surface area contributed by atoms with E-state index in [2.05, 4.69) is 36.2 Å². The van der Waals surface area contributed by atoms with Crippen molar-refractivity contribution in [2.45, 2.75) is 26.3 Å². The van der Waals surface area contributed by atoms with Gasteiger partial charge in [0.25, 0.3) is 0 Å². The number of hydrogen-bond donors (Lipinski definition) is 1. The molecule has 0 radical (unpaired) electrons. The van der Waals surface area contributed by atoms with Crippen molar-refractivity contribution in [2.24, 2.45) is 5.92 Å². The second kappa shape index (κ2) is 7.66. The van der Waals surface area contributed by atoms with Crippen molar-refractivity contribution >= 4 is 0 Å². The number of methoxy groups -OCH3 is 2. The summed E-state index contributed by atoms with van der Waals surface area (Å²) in [6.07, 6.45) is 1.05. The molecule has 4 heteroatoms. The van der Waals surface area contributed by atoms with E-state index in [1.807, 2.05) is 6.07 Å². The van der Waals surface area contributed by atoms with Crippen LogP contribution in [0.1, 0.15) is 19.4 Å². The highest BCUT2D eigenvalue weighted by atomic mass is 16.5. The summed E-state index contributed by atoms with van der Waals surface area (Å²) in [7, 11) is 3.36. The van der Waals surface area contributed by atoms with E-state index >= 15 is 0 Å². The lowest BCUT2D eigenvalue weighted by atomic mass is 10.00. The fourth-order valence-corrected chi connectivity index (χ4v) is 3.01. The highest BCUT2D eigenvalue weighted by molar-refractivity contribution is 5.42. The highest BCUT2D eigenvalue weighted by Gasteiger charge is 2.24. The molecule has 1 N–H and O–H groups in total. The Kier molecular flexibility index (Phi) is 5.88. The molecule has 1 unspecified atom stereocenters. The van der Waals surface area contributed by atoms with Crippen molar-refractivity contribution in [3.05, 3.63) is 23.8 Å². The Hall–Kier alpha value is -1.26. The summed E-state index contributed by atoms with van der Waals surface area (Å²) in [4.78, 5) is 2.61. The lowest BCUT2D eigenvalue weighted by Gasteiger charge is -2.38. The molecule has 1 aliphatic rings. The van der Waals surface area contributed by atoms with E-state index in [-0.39, 0.29) is 0 Å². The summed E-state index contributed by atoms with van der Waals surface area (Å²) in [5.41, 5.74) is 1.30. The van der Waals surface area contributed by atoms with Gasteiger partial charge in [0.1, 0.15) is 0 Å². The van der Waals surface area contributed by atoms with Crippen LogP contribution in [0.4, 0.5) is 0 Å². The molecular weight excluding hydrogens is 264 g/mol. The third kappa shape index (κ3) is 4.11. The molecule has 0 aromatic heterocycles. The molecule has 1 aliphatic heterocycles. The molecule has 1 atom stereocenters. The molecule has 0 bridgehead atoms. The van der Waals surface area contributed by atoms with Crippen LogP contribution in [0, 0.1) is 5.92 Å². The third-order valence-corrected chi connectivity index (χ3v) is 4.30. The van der Waals surface area contributed by atoms with Crippen molar-refractivity contribution < 1.29 is 9.47 Å². The fraction of sp³-hybridized carbons (Fsp3) is 0.647. The van der Waals surface area contributed by atoms with E-state index in [0.29, 0.717) is 12.0 Å². The molecule has 0 aliphatic carbocycles. The predicted molar refractivity (Wildman–Crippen MR) is 86.3 cm³/mol. The van der Waals surface area contributed by atoms with Gasteiger partial charge in [-0.1, -0.05) is 19.9 Å². The molecule has 21 heavy (non-hydrogen) atoms. The van der Waals surface area contributed by atoms with E-state index in [0.717, 1.165) is 44.1 Å². The standard InChI is InChI=1S/C17H28N2O2/c1-13(2)15-12-18-8-10-19(15)9-7-14-5-6-16(20-3)17(11-14)21-4/h5-6,11,13,15,18H,7-10,12H2,1-4H3. The Morgan fingerprint density at radius 2 is 2.00 bits per heavy atom. The van der Waals surface area contributed by atoms with Gasteiger partial charge in [-0.25, -0.2) is 0 Å². The highest BCUT2D eigenvalue weighted by Crippen LogP contribution is 2.28. The fourth-order valence-electron chi connectivity index (χ4n) is 3.01. The molecule has 1 aromatic carbocycles. The maximum atomic E-state index is 5.38. The van der Waals surface area contributed by atoms with Gasteiger partial charge in [-0.2, -0.15) is 0 Å². The molecule has 2 rings (SSSR count). The maximum Gasteiger partial charge on any atom is 0.160 e. The van der Waals surface area contributed by atoms with Crippen LogP contribution in [0.3, 0.4) is 0 Å². The molecule has 0 spiro atoms. The lowest BCUT2D eigenvalue weighted by molar-refractivity contribution is 0.126. The van der Waals surface area contributed by atoms with Crippen LogP contribution < -0.4 is 14.8 Å². The smallest absolute Gasteiger partial charge is 0.160 e. The summed E-state index contributed by atoms with van der Waals surface area (Å²) in [6.45, 7) is 9.04. The minimum absolute atomic E-state index is 0.638. The van der Waals surface area contributed by atoms with Gasteiger partial charge in [-0.15, -0.1) is 0 Å². The number of nitrogens with zero attached hydrogens (tertiary/aromatic N) is 1. The van der Waals surface area contributed by atoms with Crippen molar-refractivity contribution in [1.82, 2.24) is 10.2 Å². The summed E-state index contributed by atoms with van der Waals surface area (Å²) in [5.74, 6) is 2.29. The number of ether oxygens (including phenoxy) is 2. The SMILES string of the molecule is COc1ccc(CCN2CCNCC2C(C)C)cc1OC. The van der Waals surface area contributed by atoms with Gasteiger partial charge in [-0.3, -0.25) is 4.90 Å². The second-order valence-electron chi connectivity index (χ2n) is 5.99. The van der Waals surface area contributed by atoms with Gasteiger partial charge in [-0.05, 0) is 30.0 Å². The summed E-state index contributed by atoms with van der Waals surface area (Å²) in [6, 6.07) is 6.85. The average Bonchev–Trinajstić information content (AvgIpc) is 2.52. The number of piperazine rings is 1. The topological polar surface area (TPSA) is 33.7 Å². The van der Waals surface area contributed by atoms with E-state index in [4.69, 9.17) is 9.47 Å². The molecule has 4 nitrogen and oxygen atoms in total. The molecule has 118 valence electrons. The Morgan fingerprint density at radius 3 is 2.67 bits per heavy atom. The first-order valence-electron chi connectivity index (χ1n) is 7.81. The second-order valence-corrected chi connectivity index (χ2v) is 5.99. The van der Waals surface area contributed by atoms with Crippen molar-refractivity contribution in [3.63, 3.8) is 0 Å². The predicted octanol–water partition coefficient (Wildman–Crippen LogP) is 2.18. The Bertz CT molecular complexity index is 448. The molecule has 0 saturated carbocycles. The van der Waals surface area contributed by atoms with Crippen LogP contribution >= 0.6 is 0 Å². The first-order valence-corrected chi connectivity index (χ1v) is 7.81. The third-order valence-electron chi connectivity index (χ3n) is 4.30. The Morgan fingerprint density at radius 1 is 1.24 bits per heavy atom. The zero-order chi connectivity index (χ0) is 15.2. The monoisotopic (exact) mass is 292 g/mol. The minimum Gasteiger partial charge on any atom is -0.493 e. The molecule has 1 fully saturated rings. The largest absolute Gasteiger partial charge is 0.493 e. The minimum atomic E-state index is 0.638. The first kappa shape index (κ1) is 16.1. The van der Waals surface area contributed by atoms with E-state index < -0.39 is 0 Å². The zero-order valence-electron chi connectivity index (χ0n) is 13.7. The molecular formula is C17H28N2O2. The van der Waals surface area contributed by atoms with E-state index in [9.17, 15) is 0 Å². The van der Waals surface area contributed by atoms with Crippen LogP contribution in [-0.4, -0.2) is 51.3 Å². The van der Waals surface area contributed by atoms with Gasteiger partial charge in [0.15, 0.2) is 11.5 Å². The number of nitrogens with one attached hydrogen (secondary N) is 1. The average molecular weight is 292 g/mol. The molecule has 0 amide bonds. The normalized spacial score (nSPS) is 19.8. The van der Waals surface area contributed by atoms with E-state index in [1.54, 1.807) is 14.2 Å². The molecule has 1 heterocycles. The summed E-state index contributed by atoms with van der Waals surface area (Å²) < 4.78 is 10.7. The van der Waals surface area contributed by atoms with Gasteiger partial charge in [0.2, 0.25) is 0 Å². The van der Waals surface area contributed by atoms with Gasteiger partial charge < -0.3 is 14.8 Å². The number of benzene rings is 1. The number of rotatable bonds is 6. The lowest BCUT2D eigenvalue weighted by Crippen LogP contribution is -2.53. The van der Waals surface area contributed by atoms with Gasteiger partial charge in [0, 0.05) is 32.2 Å². The van der Waals surface area contributed by atoms with Crippen LogP contribution in [0.2, 0.25) is 0 Å². The van der Waals surface area contributed by atoms with Crippen molar-refractivity contribution in [1.29, 1.82) is 0 Å². The molecule has 1 aromatic rings. The Labute approximate surface area is 128 Å². The van der Waals surface area contributed by atoms with Crippen molar-refractivity contribution in [3.8, 4) is 11.5 Å². The Balaban J connectivity index is 1.98. The summed E-state index contributed by atoms with van der Waals surface area (Å²) in [5, 5.41) is 3.50. The number of hydrogen-bond acceptors (Lipinski definition) is 4. The van der Waals surface area contributed by atoms with Crippen LogP contribution in [0.5, 0.6) is 11.5 Å². The van der Waals surface area contributed by atoms with E-state index in [1.165, 1.54) is 5.56 Å².